The lowest BCUT2D eigenvalue weighted by Crippen LogP contribution is -2.39. The van der Waals surface area contributed by atoms with Gasteiger partial charge in [0.05, 0.1) is 5.69 Å². The second-order valence-electron chi connectivity index (χ2n) is 7.56. The van der Waals surface area contributed by atoms with Gasteiger partial charge in [-0.15, -0.1) is 11.3 Å². The molecule has 0 saturated carbocycles. The maximum absolute atomic E-state index is 12.4. The standard InChI is InChI=1S/C23H30N2O3S/c1-2-3-4-5-7-18-9-11-19(12-10-18)25-22(26)15-17-24(25)16-6-8-20-13-14-21(29-20)23(27)28/h9-14H,2-8,15-17H2,1H3,(H,27,28). The van der Waals surface area contributed by atoms with Crippen LogP contribution in [-0.4, -0.2) is 35.1 Å². The molecule has 29 heavy (non-hydrogen) atoms. The molecule has 1 N–H and O–H groups in total. The number of benzene rings is 1. The second-order valence-corrected chi connectivity index (χ2v) is 8.73. The summed E-state index contributed by atoms with van der Waals surface area (Å²) in [6, 6.07) is 12.0. The molecule has 5 nitrogen and oxygen atoms in total. The Kier molecular flexibility index (Phi) is 7.83. The van der Waals surface area contributed by atoms with Crippen molar-refractivity contribution < 1.29 is 14.7 Å². The second kappa shape index (κ2) is 10.6. The van der Waals surface area contributed by atoms with Crippen LogP contribution in [0, 0.1) is 0 Å². The van der Waals surface area contributed by atoms with Gasteiger partial charge in [0.2, 0.25) is 5.91 Å². The number of hydrazine groups is 1. The quantitative estimate of drug-likeness (QED) is 0.516. The normalized spacial score (nSPS) is 14.7. The van der Waals surface area contributed by atoms with Crippen LogP contribution in [0.15, 0.2) is 36.4 Å². The van der Waals surface area contributed by atoms with Crippen molar-refractivity contribution in [3.05, 3.63) is 51.7 Å². The lowest BCUT2D eigenvalue weighted by atomic mass is 10.1. The zero-order valence-electron chi connectivity index (χ0n) is 17.1. The highest BCUT2D eigenvalue weighted by atomic mass is 32.1. The molecule has 0 bridgehead atoms. The Labute approximate surface area is 176 Å². The minimum Gasteiger partial charge on any atom is -0.477 e. The summed E-state index contributed by atoms with van der Waals surface area (Å²) in [4.78, 5) is 24.9. The topological polar surface area (TPSA) is 60.9 Å². The third-order valence-electron chi connectivity index (χ3n) is 5.31. The van der Waals surface area contributed by atoms with E-state index < -0.39 is 5.97 Å². The van der Waals surface area contributed by atoms with E-state index in [1.54, 1.807) is 6.07 Å². The molecule has 1 aromatic carbocycles. The van der Waals surface area contributed by atoms with Crippen LogP contribution in [0.25, 0.3) is 0 Å². The fourth-order valence-electron chi connectivity index (χ4n) is 3.73. The predicted octanol–water partition coefficient (Wildman–Crippen LogP) is 5.16. The van der Waals surface area contributed by atoms with Crippen LogP contribution in [0.5, 0.6) is 0 Å². The molecule has 1 fully saturated rings. The van der Waals surface area contributed by atoms with Gasteiger partial charge >= 0.3 is 5.97 Å². The number of carbonyl (C=O) groups excluding carboxylic acids is 1. The summed E-state index contributed by atoms with van der Waals surface area (Å²) < 4.78 is 0. The van der Waals surface area contributed by atoms with E-state index in [1.807, 2.05) is 11.1 Å². The summed E-state index contributed by atoms with van der Waals surface area (Å²) in [7, 11) is 0. The Morgan fingerprint density at radius 1 is 1.03 bits per heavy atom. The van der Waals surface area contributed by atoms with Crippen molar-refractivity contribution in [2.75, 3.05) is 18.1 Å². The Morgan fingerprint density at radius 3 is 2.52 bits per heavy atom. The van der Waals surface area contributed by atoms with E-state index >= 15 is 0 Å². The number of amides is 1. The van der Waals surface area contributed by atoms with E-state index in [4.69, 9.17) is 5.11 Å². The number of hydrogen-bond acceptors (Lipinski definition) is 4. The van der Waals surface area contributed by atoms with Crippen LogP contribution in [0.3, 0.4) is 0 Å². The van der Waals surface area contributed by atoms with Crippen LogP contribution in [0.2, 0.25) is 0 Å². The van der Waals surface area contributed by atoms with Crippen molar-refractivity contribution in [2.45, 2.75) is 58.3 Å². The first kappa shape index (κ1) is 21.5. The molecule has 1 aliphatic rings. The van der Waals surface area contributed by atoms with Crippen molar-refractivity contribution in [2.24, 2.45) is 0 Å². The highest BCUT2D eigenvalue weighted by Gasteiger charge is 2.29. The molecule has 1 aromatic heterocycles. The average molecular weight is 415 g/mol. The molecule has 1 aliphatic heterocycles. The largest absolute Gasteiger partial charge is 0.477 e. The molecule has 0 spiro atoms. The van der Waals surface area contributed by atoms with E-state index in [-0.39, 0.29) is 5.91 Å². The molecule has 0 radical (unpaired) electrons. The third kappa shape index (κ3) is 5.90. The zero-order chi connectivity index (χ0) is 20.6. The van der Waals surface area contributed by atoms with E-state index in [1.165, 1.54) is 42.6 Å². The highest BCUT2D eigenvalue weighted by molar-refractivity contribution is 7.13. The number of aromatic carboxylic acids is 1. The molecule has 0 aliphatic carbocycles. The maximum Gasteiger partial charge on any atom is 0.345 e. The summed E-state index contributed by atoms with van der Waals surface area (Å²) in [6.07, 6.45) is 8.38. The van der Waals surface area contributed by atoms with Crippen LogP contribution in [0.1, 0.15) is 65.6 Å². The molecule has 6 heteroatoms. The van der Waals surface area contributed by atoms with Gasteiger partial charge in [-0.25, -0.2) is 14.8 Å². The highest BCUT2D eigenvalue weighted by Crippen LogP contribution is 2.25. The van der Waals surface area contributed by atoms with Gasteiger partial charge in [-0.1, -0.05) is 38.3 Å². The summed E-state index contributed by atoms with van der Waals surface area (Å²) in [6.45, 7) is 3.74. The number of aryl methyl sites for hydroxylation is 2. The lowest BCUT2D eigenvalue weighted by Gasteiger charge is -2.28. The van der Waals surface area contributed by atoms with Gasteiger partial charge in [-0.3, -0.25) is 4.79 Å². The molecule has 0 atom stereocenters. The number of anilines is 1. The third-order valence-corrected chi connectivity index (χ3v) is 6.45. The van der Waals surface area contributed by atoms with E-state index in [9.17, 15) is 9.59 Å². The minimum atomic E-state index is -0.869. The van der Waals surface area contributed by atoms with Gasteiger partial charge < -0.3 is 5.11 Å². The fourth-order valence-corrected chi connectivity index (χ4v) is 4.62. The number of rotatable bonds is 11. The molecule has 156 valence electrons. The fraction of sp³-hybridized carbons (Fsp3) is 0.478. The van der Waals surface area contributed by atoms with Gasteiger partial charge in [0.15, 0.2) is 0 Å². The number of carboxylic acid groups (broad SMARTS) is 1. The maximum atomic E-state index is 12.4. The minimum absolute atomic E-state index is 0.144. The molecule has 3 rings (SSSR count). The van der Waals surface area contributed by atoms with Crippen LogP contribution in [-0.2, 0) is 17.6 Å². The van der Waals surface area contributed by atoms with Crippen molar-refractivity contribution in [1.29, 1.82) is 0 Å². The molecule has 2 heterocycles. The van der Waals surface area contributed by atoms with Crippen molar-refractivity contribution in [3.63, 3.8) is 0 Å². The molecule has 0 unspecified atom stereocenters. The number of nitrogens with zero attached hydrogens (tertiary/aromatic N) is 2. The summed E-state index contributed by atoms with van der Waals surface area (Å²) in [5.41, 5.74) is 2.27. The zero-order valence-corrected chi connectivity index (χ0v) is 17.9. The van der Waals surface area contributed by atoms with Gasteiger partial charge in [0, 0.05) is 24.4 Å². The van der Waals surface area contributed by atoms with E-state index in [2.05, 4.69) is 36.2 Å². The number of unbranched alkanes of at least 4 members (excludes halogenated alkanes) is 3. The van der Waals surface area contributed by atoms with Crippen molar-refractivity contribution in [1.82, 2.24) is 5.01 Å². The summed E-state index contributed by atoms with van der Waals surface area (Å²) in [5.74, 6) is -0.726. The van der Waals surface area contributed by atoms with E-state index in [0.29, 0.717) is 11.3 Å². The number of thiophene rings is 1. The van der Waals surface area contributed by atoms with Gasteiger partial charge in [-0.05, 0) is 55.5 Å². The molecule has 2 aromatic rings. The smallest absolute Gasteiger partial charge is 0.345 e. The van der Waals surface area contributed by atoms with Crippen molar-refractivity contribution >= 4 is 28.9 Å². The van der Waals surface area contributed by atoms with E-state index in [0.717, 1.165) is 42.9 Å². The van der Waals surface area contributed by atoms with Gasteiger partial charge in [0.1, 0.15) is 4.88 Å². The number of hydrogen-bond donors (Lipinski definition) is 1. The summed E-state index contributed by atoms with van der Waals surface area (Å²) in [5, 5.41) is 13.0. The van der Waals surface area contributed by atoms with Crippen molar-refractivity contribution in [3.8, 4) is 0 Å². The first-order valence-corrected chi connectivity index (χ1v) is 11.4. The first-order valence-electron chi connectivity index (χ1n) is 10.6. The van der Waals surface area contributed by atoms with Crippen LogP contribution < -0.4 is 5.01 Å². The Balaban J connectivity index is 1.53. The Bertz CT molecular complexity index is 816. The van der Waals surface area contributed by atoms with Gasteiger partial charge in [-0.2, -0.15) is 0 Å². The summed E-state index contributed by atoms with van der Waals surface area (Å²) >= 11 is 1.33. The molecular weight excluding hydrogens is 384 g/mol. The monoisotopic (exact) mass is 414 g/mol. The predicted molar refractivity (Wildman–Crippen MR) is 118 cm³/mol. The van der Waals surface area contributed by atoms with Crippen LogP contribution >= 0.6 is 11.3 Å². The van der Waals surface area contributed by atoms with Crippen LogP contribution in [0.4, 0.5) is 5.69 Å². The Morgan fingerprint density at radius 2 is 1.83 bits per heavy atom. The number of carbonyl (C=O) groups is 2. The molecule has 1 saturated heterocycles. The lowest BCUT2D eigenvalue weighted by molar-refractivity contribution is -0.118. The average Bonchev–Trinajstić information content (AvgIpc) is 3.33. The molecule has 1 amide bonds. The van der Waals surface area contributed by atoms with Gasteiger partial charge in [0.25, 0.3) is 0 Å². The SMILES string of the molecule is CCCCCCc1ccc(N2C(=O)CCN2CCCc2ccc(C(=O)O)s2)cc1. The first-order chi connectivity index (χ1) is 14.1. The number of carboxylic acids is 1. The Hall–Kier alpha value is -2.18. The molecular formula is C23H30N2O3S.